The van der Waals surface area contributed by atoms with Crippen LogP contribution in [0.3, 0.4) is 0 Å². The van der Waals surface area contributed by atoms with Crippen LogP contribution in [-0.4, -0.2) is 17.1 Å². The van der Waals surface area contributed by atoms with Crippen molar-refractivity contribution in [3.05, 3.63) is 102 Å². The minimum Gasteiger partial charge on any atom is -0.439 e. The average Bonchev–Trinajstić information content (AvgIpc) is 3.20. The Bertz CT molecular complexity index is 964. The maximum absolute atomic E-state index is 12.6. The Morgan fingerprint density at radius 3 is 2.06 bits per heavy atom. The van der Waals surface area contributed by atoms with Gasteiger partial charge in [0.25, 0.3) is 0 Å². The molecule has 1 N–H and O–H groups in total. The van der Waals surface area contributed by atoms with E-state index in [9.17, 15) is 9.18 Å². The molecule has 2 atom stereocenters. The largest absolute Gasteiger partial charge is 0.439 e. The fourth-order valence-corrected chi connectivity index (χ4v) is 2.62. The molecule has 164 valence electrons. The van der Waals surface area contributed by atoms with Crippen LogP contribution < -0.4 is 5.32 Å². The van der Waals surface area contributed by atoms with Gasteiger partial charge in [-0.2, -0.15) is 0 Å². The van der Waals surface area contributed by atoms with Crippen molar-refractivity contribution in [3.63, 3.8) is 0 Å². The third-order valence-corrected chi connectivity index (χ3v) is 4.02. The summed E-state index contributed by atoms with van der Waals surface area (Å²) in [6.45, 7) is 5.85. The Morgan fingerprint density at radius 1 is 0.938 bits per heavy atom. The number of rotatable bonds is 1. The van der Waals surface area contributed by atoms with E-state index in [1.54, 1.807) is 24.5 Å². The molecule has 0 saturated carbocycles. The highest BCUT2D eigenvalue weighted by Gasteiger charge is 2.31. The third-order valence-electron chi connectivity index (χ3n) is 4.02. The van der Waals surface area contributed by atoms with Gasteiger partial charge in [-0.3, -0.25) is 4.98 Å². The molecule has 2 aromatic carbocycles. The number of nitrogens with one attached hydrogen (secondary N) is 1. The third kappa shape index (κ3) is 8.73. The number of amides is 1. The standard InChI is InChI=1S/C13H9N.C10H10FNO2.C2H6.C2H2/c1-2-5-12(6-3-1)8-9-13-7-4-10-14-11-13;1-6-9(14-10(13)12-6)7-2-4-8(11)5-3-7;2*1-2/h1-7,10-11H;2-6,9H,1H3,(H,12,13);1-2H3;1-2H/t;6-,9-;;/m.1../s1. The van der Waals surface area contributed by atoms with Gasteiger partial charge >= 0.3 is 6.09 Å². The number of nitrogens with zero attached hydrogens (tertiary/aromatic N) is 1. The molecule has 0 unspecified atom stereocenters. The highest BCUT2D eigenvalue weighted by atomic mass is 19.1. The number of halogens is 1. The molecular weight excluding hydrogens is 403 g/mol. The first-order chi connectivity index (χ1) is 15.6. The Kier molecular flexibility index (Phi) is 12.0. The van der Waals surface area contributed by atoms with E-state index in [0.717, 1.165) is 16.7 Å². The molecule has 4 nitrogen and oxygen atoms in total. The first kappa shape index (κ1) is 25.9. The molecule has 1 amide bonds. The highest BCUT2D eigenvalue weighted by Crippen LogP contribution is 2.25. The number of aromatic nitrogens is 1. The maximum atomic E-state index is 12.6. The number of terminal acetylenes is 1. The fraction of sp³-hybridized carbons (Fsp3) is 0.185. The van der Waals surface area contributed by atoms with Crippen molar-refractivity contribution in [1.29, 1.82) is 0 Å². The summed E-state index contributed by atoms with van der Waals surface area (Å²) in [7, 11) is 0. The molecule has 0 aliphatic carbocycles. The van der Waals surface area contributed by atoms with Crippen LogP contribution in [0.15, 0.2) is 79.1 Å². The minimum absolute atomic E-state index is 0.0760. The van der Waals surface area contributed by atoms with Gasteiger partial charge in [0.05, 0.1) is 6.04 Å². The zero-order valence-corrected chi connectivity index (χ0v) is 18.5. The van der Waals surface area contributed by atoms with Gasteiger partial charge in [0, 0.05) is 23.5 Å². The second-order valence-electron chi connectivity index (χ2n) is 6.17. The zero-order valence-electron chi connectivity index (χ0n) is 18.5. The van der Waals surface area contributed by atoms with E-state index < -0.39 is 6.09 Å². The van der Waals surface area contributed by atoms with E-state index in [1.165, 1.54) is 12.1 Å². The topological polar surface area (TPSA) is 51.2 Å². The molecular formula is C27H27FN2O2. The monoisotopic (exact) mass is 430 g/mol. The summed E-state index contributed by atoms with van der Waals surface area (Å²) < 4.78 is 17.7. The van der Waals surface area contributed by atoms with Crippen LogP contribution in [-0.2, 0) is 4.74 Å². The predicted molar refractivity (Wildman–Crippen MR) is 126 cm³/mol. The summed E-state index contributed by atoms with van der Waals surface area (Å²) in [6, 6.07) is 19.6. The molecule has 32 heavy (non-hydrogen) atoms. The second-order valence-corrected chi connectivity index (χ2v) is 6.17. The van der Waals surface area contributed by atoms with E-state index in [2.05, 4.69) is 35.0 Å². The summed E-state index contributed by atoms with van der Waals surface area (Å²) in [6.07, 6.45) is 10.8. The van der Waals surface area contributed by atoms with Crippen molar-refractivity contribution < 1.29 is 13.9 Å². The predicted octanol–water partition coefficient (Wildman–Crippen LogP) is 5.75. The summed E-state index contributed by atoms with van der Waals surface area (Å²) in [5.74, 6) is 5.83. The Balaban J connectivity index is 0.000000277. The molecule has 1 aliphatic rings. The van der Waals surface area contributed by atoms with Gasteiger partial charge in [-0.15, -0.1) is 12.8 Å². The summed E-state index contributed by atoms with van der Waals surface area (Å²) in [5.41, 5.74) is 2.77. The number of alkyl carbamates (subject to hydrolysis) is 1. The van der Waals surface area contributed by atoms with Crippen molar-refractivity contribution >= 4 is 6.09 Å². The first-order valence-electron chi connectivity index (χ1n) is 10.1. The number of cyclic esters (lactones) is 1. The quantitative estimate of drug-likeness (QED) is 0.500. The molecule has 4 rings (SSSR count). The molecule has 3 aromatic rings. The Hall–Kier alpha value is -4.09. The minimum atomic E-state index is -0.424. The van der Waals surface area contributed by atoms with E-state index in [1.807, 2.05) is 63.2 Å². The average molecular weight is 431 g/mol. The molecule has 1 fully saturated rings. The van der Waals surface area contributed by atoms with Gasteiger partial charge in [0.1, 0.15) is 11.9 Å². The number of carbonyl (C=O) groups excluding carboxylic acids is 1. The van der Waals surface area contributed by atoms with E-state index in [-0.39, 0.29) is 18.0 Å². The summed E-state index contributed by atoms with van der Waals surface area (Å²) in [4.78, 5) is 14.9. The van der Waals surface area contributed by atoms with Crippen LogP contribution in [0.2, 0.25) is 0 Å². The number of ether oxygens (including phenoxy) is 1. The summed E-state index contributed by atoms with van der Waals surface area (Å²) in [5, 5.41) is 2.63. The van der Waals surface area contributed by atoms with Crippen molar-refractivity contribution in [2.24, 2.45) is 0 Å². The number of hydrogen-bond acceptors (Lipinski definition) is 3. The zero-order chi connectivity index (χ0) is 23.8. The lowest BCUT2D eigenvalue weighted by Gasteiger charge is -2.12. The van der Waals surface area contributed by atoms with Gasteiger partial charge in [-0.05, 0) is 48.9 Å². The van der Waals surface area contributed by atoms with Gasteiger partial charge < -0.3 is 10.1 Å². The first-order valence-corrected chi connectivity index (χ1v) is 10.1. The lowest BCUT2D eigenvalue weighted by Crippen LogP contribution is -2.23. The molecule has 1 aromatic heterocycles. The van der Waals surface area contributed by atoms with Gasteiger partial charge in [0.2, 0.25) is 0 Å². The smallest absolute Gasteiger partial charge is 0.408 e. The van der Waals surface area contributed by atoms with Crippen LogP contribution in [0, 0.1) is 30.5 Å². The van der Waals surface area contributed by atoms with Gasteiger partial charge in [-0.25, -0.2) is 9.18 Å². The molecule has 0 bridgehead atoms. The van der Waals surface area contributed by atoms with Crippen LogP contribution >= 0.6 is 0 Å². The molecule has 1 saturated heterocycles. The maximum Gasteiger partial charge on any atom is 0.408 e. The normalized spacial score (nSPS) is 15.4. The Morgan fingerprint density at radius 2 is 1.53 bits per heavy atom. The molecule has 1 aliphatic heterocycles. The SMILES string of the molecule is C#C.C(#Cc1cccnc1)c1ccccc1.CC.C[C@H]1NC(=O)O[C@H]1c1ccc(F)cc1. The Labute approximate surface area is 189 Å². The number of hydrogen-bond donors (Lipinski definition) is 1. The van der Waals surface area contributed by atoms with Gasteiger partial charge in [0.15, 0.2) is 0 Å². The summed E-state index contributed by atoms with van der Waals surface area (Å²) >= 11 is 0. The molecule has 0 spiro atoms. The second kappa shape index (κ2) is 14.8. The van der Waals surface area contributed by atoms with Crippen LogP contribution in [0.25, 0.3) is 0 Å². The van der Waals surface area contributed by atoms with Crippen molar-refractivity contribution in [2.45, 2.75) is 32.9 Å². The molecule has 2 heterocycles. The van der Waals surface area contributed by atoms with Crippen molar-refractivity contribution in [1.82, 2.24) is 10.3 Å². The molecule has 5 heteroatoms. The number of carbonyl (C=O) groups is 1. The lowest BCUT2D eigenvalue weighted by atomic mass is 10.0. The number of pyridine rings is 1. The highest BCUT2D eigenvalue weighted by molar-refractivity contribution is 5.70. The van der Waals surface area contributed by atoms with Gasteiger partial charge in [-0.1, -0.05) is 56.0 Å². The number of benzene rings is 2. The fourth-order valence-electron chi connectivity index (χ4n) is 2.62. The van der Waals surface area contributed by atoms with Crippen LogP contribution in [0.4, 0.5) is 9.18 Å². The van der Waals surface area contributed by atoms with E-state index >= 15 is 0 Å². The van der Waals surface area contributed by atoms with Crippen molar-refractivity contribution in [2.75, 3.05) is 0 Å². The van der Waals surface area contributed by atoms with Crippen molar-refractivity contribution in [3.8, 4) is 24.7 Å². The lowest BCUT2D eigenvalue weighted by molar-refractivity contribution is 0.134. The van der Waals surface area contributed by atoms with E-state index in [0.29, 0.717) is 0 Å². The van der Waals surface area contributed by atoms with Crippen LogP contribution in [0.1, 0.15) is 43.6 Å². The van der Waals surface area contributed by atoms with E-state index in [4.69, 9.17) is 4.74 Å². The molecule has 0 radical (unpaired) electrons. The van der Waals surface area contributed by atoms with Crippen LogP contribution in [0.5, 0.6) is 0 Å².